The molecule has 0 aliphatic heterocycles. The molecular weight excluding hydrogens is 453 g/mol. The van der Waals surface area contributed by atoms with Gasteiger partial charge < -0.3 is 14.0 Å². The first-order valence-electron chi connectivity index (χ1n) is 11.4. The third-order valence-corrected chi connectivity index (χ3v) is 8.18. The van der Waals surface area contributed by atoms with E-state index < -0.39 is 19.7 Å². The van der Waals surface area contributed by atoms with Crippen LogP contribution in [-0.4, -0.2) is 35.3 Å². The molecule has 7 heteroatoms. The van der Waals surface area contributed by atoms with E-state index in [1.807, 2.05) is 61.5 Å². The van der Waals surface area contributed by atoms with Gasteiger partial charge in [0.15, 0.2) is 0 Å². The highest BCUT2D eigenvalue weighted by Crippen LogP contribution is 2.41. The SMILES string of the molecule is CCOC(=O)C(CCCc1ccccc1)C(CSc1ccc2ccccc2n1)(OCC)[PH2]=O. The number of nitrogens with zero attached hydrogens (tertiary/aromatic N) is 1. The largest absolute Gasteiger partial charge is 0.466 e. The van der Waals surface area contributed by atoms with Gasteiger partial charge in [0, 0.05) is 17.7 Å². The Morgan fingerprint density at radius 1 is 1.03 bits per heavy atom. The van der Waals surface area contributed by atoms with E-state index in [0.717, 1.165) is 28.8 Å². The molecule has 3 atom stereocenters. The van der Waals surface area contributed by atoms with Crippen molar-refractivity contribution in [2.45, 2.75) is 43.5 Å². The van der Waals surface area contributed by atoms with Gasteiger partial charge in [-0.2, -0.15) is 0 Å². The van der Waals surface area contributed by atoms with Gasteiger partial charge in [-0.1, -0.05) is 54.6 Å². The molecule has 1 aromatic heterocycles. The highest BCUT2D eigenvalue weighted by molar-refractivity contribution is 7.99. The molecule has 1 heterocycles. The van der Waals surface area contributed by atoms with Crippen molar-refractivity contribution in [3.63, 3.8) is 0 Å². The Kier molecular flexibility index (Phi) is 9.98. The van der Waals surface area contributed by atoms with Crippen molar-refractivity contribution in [3.05, 3.63) is 72.3 Å². The van der Waals surface area contributed by atoms with Crippen LogP contribution in [0.25, 0.3) is 10.9 Å². The lowest BCUT2D eigenvalue weighted by atomic mass is 9.94. The Balaban J connectivity index is 1.79. The van der Waals surface area contributed by atoms with Crippen LogP contribution in [0.2, 0.25) is 0 Å². The van der Waals surface area contributed by atoms with E-state index in [1.54, 1.807) is 6.92 Å². The van der Waals surface area contributed by atoms with Crippen molar-refractivity contribution >= 4 is 37.1 Å². The fraction of sp³-hybridized carbons (Fsp3) is 0.385. The van der Waals surface area contributed by atoms with Gasteiger partial charge in [0.25, 0.3) is 0 Å². The summed E-state index contributed by atoms with van der Waals surface area (Å²) in [5.41, 5.74) is 2.12. The monoisotopic (exact) mass is 485 g/mol. The number of ether oxygens (including phenoxy) is 2. The number of hydrogen-bond donors (Lipinski definition) is 0. The minimum Gasteiger partial charge on any atom is -0.466 e. The van der Waals surface area contributed by atoms with Crippen LogP contribution in [-0.2, 0) is 25.3 Å². The van der Waals surface area contributed by atoms with E-state index in [2.05, 4.69) is 12.1 Å². The molecule has 3 aromatic rings. The first kappa shape index (κ1) is 25.5. The molecule has 0 radical (unpaired) electrons. The lowest BCUT2D eigenvalue weighted by Crippen LogP contribution is -2.43. The number of carbonyl (C=O) groups excluding carboxylic acids is 1. The van der Waals surface area contributed by atoms with E-state index in [0.29, 0.717) is 18.8 Å². The molecule has 5 nitrogen and oxygen atoms in total. The van der Waals surface area contributed by atoms with Crippen LogP contribution in [0, 0.1) is 5.92 Å². The van der Waals surface area contributed by atoms with Gasteiger partial charge in [0.2, 0.25) is 0 Å². The molecule has 0 fully saturated rings. The van der Waals surface area contributed by atoms with E-state index in [-0.39, 0.29) is 12.6 Å². The predicted octanol–water partition coefficient (Wildman–Crippen LogP) is 6.02. The molecule has 3 unspecified atom stereocenters. The molecule has 0 saturated heterocycles. The third kappa shape index (κ3) is 6.92. The van der Waals surface area contributed by atoms with E-state index in [9.17, 15) is 9.36 Å². The van der Waals surface area contributed by atoms with Crippen molar-refractivity contribution < 1.29 is 18.8 Å². The van der Waals surface area contributed by atoms with Crippen LogP contribution in [0.1, 0.15) is 32.3 Å². The molecule has 2 aromatic carbocycles. The van der Waals surface area contributed by atoms with Gasteiger partial charge in [-0.25, -0.2) is 4.98 Å². The molecule has 33 heavy (non-hydrogen) atoms. The van der Waals surface area contributed by atoms with E-state index >= 15 is 0 Å². The molecule has 0 aliphatic carbocycles. The first-order valence-corrected chi connectivity index (χ1v) is 13.4. The maximum absolute atomic E-state index is 13.0. The summed E-state index contributed by atoms with van der Waals surface area (Å²) in [6, 6.07) is 22.1. The highest BCUT2D eigenvalue weighted by atomic mass is 32.2. The lowest BCUT2D eigenvalue weighted by Gasteiger charge is -2.35. The quantitative estimate of drug-likeness (QED) is 0.168. The zero-order valence-electron chi connectivity index (χ0n) is 19.2. The summed E-state index contributed by atoms with van der Waals surface area (Å²) in [5.74, 6) is -0.559. The highest BCUT2D eigenvalue weighted by Gasteiger charge is 2.44. The topological polar surface area (TPSA) is 65.5 Å². The number of carbonyl (C=O) groups is 1. The number of benzene rings is 2. The van der Waals surface area contributed by atoms with Crippen LogP contribution in [0.5, 0.6) is 0 Å². The van der Waals surface area contributed by atoms with Crippen molar-refractivity contribution in [3.8, 4) is 0 Å². The van der Waals surface area contributed by atoms with Gasteiger partial charge in [-0.05, 0) is 50.8 Å². The van der Waals surface area contributed by atoms with Crippen LogP contribution < -0.4 is 0 Å². The number of aromatic nitrogens is 1. The Hall–Kier alpha value is -2.14. The number of fused-ring (bicyclic) bond motifs is 1. The molecule has 176 valence electrons. The average Bonchev–Trinajstić information content (AvgIpc) is 2.85. The minimum absolute atomic E-state index is 0.282. The molecule has 0 N–H and O–H groups in total. The fourth-order valence-electron chi connectivity index (χ4n) is 3.94. The second kappa shape index (κ2) is 12.9. The molecule has 0 aliphatic rings. The maximum Gasteiger partial charge on any atom is 0.312 e. The molecule has 0 saturated carbocycles. The number of para-hydroxylation sites is 1. The summed E-state index contributed by atoms with van der Waals surface area (Å²) in [5, 5.41) is 0.811. The standard InChI is InChI=1S/C26H32NO4PS/c1-3-30-25(28)22(15-10-13-20-11-6-5-7-12-20)26(32-29,31-4-2)19-33-24-18-17-21-14-8-9-16-23(21)27-24/h5-9,11-12,14,16-18,22H,3-4,10,13,15,19,32H2,1-2H3. The minimum atomic E-state index is -1.39. The van der Waals surface area contributed by atoms with Gasteiger partial charge in [0.1, 0.15) is 5.34 Å². The number of aryl methyl sites for hydroxylation is 1. The molecule has 0 amide bonds. The molecule has 3 rings (SSSR count). The lowest BCUT2D eigenvalue weighted by molar-refractivity contribution is -0.155. The number of rotatable bonds is 13. The van der Waals surface area contributed by atoms with Crippen LogP contribution >= 0.6 is 20.2 Å². The second-order valence-electron chi connectivity index (χ2n) is 7.82. The fourth-order valence-corrected chi connectivity index (χ4v) is 6.14. The Bertz CT molecular complexity index is 1050. The second-order valence-corrected chi connectivity index (χ2v) is 10.0. The number of thioether (sulfide) groups is 1. The Morgan fingerprint density at radius 3 is 2.52 bits per heavy atom. The number of hydrogen-bond acceptors (Lipinski definition) is 6. The van der Waals surface area contributed by atoms with Crippen molar-refractivity contribution in [1.82, 2.24) is 4.98 Å². The molecule has 0 spiro atoms. The van der Waals surface area contributed by atoms with Crippen LogP contribution in [0.15, 0.2) is 71.8 Å². The zero-order valence-corrected chi connectivity index (χ0v) is 21.2. The summed E-state index contributed by atoms with van der Waals surface area (Å²) < 4.78 is 24.2. The predicted molar refractivity (Wildman–Crippen MR) is 137 cm³/mol. The van der Waals surface area contributed by atoms with Gasteiger partial charge in [-0.15, -0.1) is 11.8 Å². The number of pyridine rings is 1. The van der Waals surface area contributed by atoms with Gasteiger partial charge >= 0.3 is 5.97 Å². The normalized spacial score (nSPS) is 14.4. The zero-order chi connectivity index (χ0) is 23.5. The van der Waals surface area contributed by atoms with Crippen molar-refractivity contribution in [2.24, 2.45) is 5.92 Å². The summed E-state index contributed by atoms with van der Waals surface area (Å²) in [6.07, 6.45) is 2.17. The maximum atomic E-state index is 13.0. The third-order valence-electron chi connectivity index (χ3n) is 5.59. The van der Waals surface area contributed by atoms with Crippen LogP contribution in [0.3, 0.4) is 0 Å². The summed E-state index contributed by atoms with van der Waals surface area (Å²) in [7, 11) is -1.39. The number of esters is 1. The first-order chi connectivity index (χ1) is 16.1. The Morgan fingerprint density at radius 2 is 1.79 bits per heavy atom. The van der Waals surface area contributed by atoms with Gasteiger partial charge in [-0.3, -0.25) is 4.79 Å². The summed E-state index contributed by atoms with van der Waals surface area (Å²) >= 11 is 1.48. The van der Waals surface area contributed by atoms with E-state index in [4.69, 9.17) is 14.5 Å². The summed E-state index contributed by atoms with van der Waals surface area (Å²) in [6.45, 7) is 4.31. The molecular formula is C26H32NO4PS. The average molecular weight is 486 g/mol. The van der Waals surface area contributed by atoms with Crippen molar-refractivity contribution in [2.75, 3.05) is 19.0 Å². The Labute approximate surface area is 201 Å². The molecule has 0 bridgehead atoms. The van der Waals surface area contributed by atoms with Gasteiger partial charge in [0.05, 0.1) is 31.5 Å². The summed E-state index contributed by atoms with van der Waals surface area (Å²) in [4.78, 5) is 17.7. The van der Waals surface area contributed by atoms with Crippen molar-refractivity contribution in [1.29, 1.82) is 0 Å². The smallest absolute Gasteiger partial charge is 0.312 e. The van der Waals surface area contributed by atoms with Crippen LogP contribution in [0.4, 0.5) is 0 Å². The van der Waals surface area contributed by atoms with E-state index in [1.165, 1.54) is 17.3 Å².